The molecule has 112 valence electrons. The largest absolute Gasteiger partial charge is 0.385 e. The fourth-order valence-electron chi connectivity index (χ4n) is 3.56. The number of piperidine rings is 1. The Kier molecular flexibility index (Phi) is 3.34. The van der Waals surface area contributed by atoms with Crippen LogP contribution in [0.25, 0.3) is 10.9 Å². The molecule has 4 nitrogen and oxygen atoms in total. The summed E-state index contributed by atoms with van der Waals surface area (Å²) in [4.78, 5) is 7.13. The Morgan fingerprint density at radius 1 is 1.09 bits per heavy atom. The third-order valence-corrected chi connectivity index (χ3v) is 4.73. The molecule has 4 heteroatoms. The molecule has 2 aromatic rings. The number of fused-ring (bicyclic) bond motifs is 2. The summed E-state index contributed by atoms with van der Waals surface area (Å²) >= 11 is 0. The van der Waals surface area contributed by atoms with E-state index in [1.54, 1.807) is 0 Å². The lowest BCUT2D eigenvalue weighted by molar-refractivity contribution is 0.573. The van der Waals surface area contributed by atoms with Crippen LogP contribution in [-0.4, -0.2) is 24.6 Å². The Labute approximate surface area is 130 Å². The van der Waals surface area contributed by atoms with E-state index in [0.29, 0.717) is 5.56 Å². The lowest BCUT2D eigenvalue weighted by Gasteiger charge is -2.28. The zero-order valence-electron chi connectivity index (χ0n) is 12.7. The molecular formula is C18H20N4. The van der Waals surface area contributed by atoms with Gasteiger partial charge < -0.3 is 10.2 Å². The standard InChI is InChI=1S/C18H20N4/c19-12-15-9-14-11-16-13(5-4-6-20-16)10-17(14)21-18(15)22-7-2-1-3-8-22/h9-11,20H,1-8H2. The molecule has 0 aliphatic carbocycles. The van der Waals surface area contributed by atoms with Crippen molar-refractivity contribution < 1.29 is 0 Å². The quantitative estimate of drug-likeness (QED) is 0.874. The van der Waals surface area contributed by atoms with E-state index in [9.17, 15) is 5.26 Å². The minimum absolute atomic E-state index is 0.699. The molecule has 0 amide bonds. The lowest BCUT2D eigenvalue weighted by atomic mass is 10.00. The Hall–Kier alpha value is -2.28. The van der Waals surface area contributed by atoms with Crippen LogP contribution < -0.4 is 10.2 Å². The van der Waals surface area contributed by atoms with Gasteiger partial charge in [0, 0.05) is 30.7 Å². The highest BCUT2D eigenvalue weighted by Crippen LogP contribution is 2.31. The number of benzene rings is 1. The third-order valence-electron chi connectivity index (χ3n) is 4.73. The van der Waals surface area contributed by atoms with Gasteiger partial charge in [0.15, 0.2) is 0 Å². The van der Waals surface area contributed by atoms with Crippen molar-refractivity contribution in [2.45, 2.75) is 32.1 Å². The van der Waals surface area contributed by atoms with Gasteiger partial charge in [-0.2, -0.15) is 5.26 Å². The van der Waals surface area contributed by atoms with Crippen molar-refractivity contribution in [3.05, 3.63) is 29.3 Å². The van der Waals surface area contributed by atoms with E-state index < -0.39 is 0 Å². The van der Waals surface area contributed by atoms with Gasteiger partial charge in [-0.05, 0) is 55.9 Å². The zero-order chi connectivity index (χ0) is 14.9. The predicted octanol–water partition coefficient (Wildman–Crippen LogP) is 3.45. The number of nitrogens with one attached hydrogen (secondary N) is 1. The fraction of sp³-hybridized carbons (Fsp3) is 0.444. The average molecular weight is 292 g/mol. The molecule has 1 fully saturated rings. The summed E-state index contributed by atoms with van der Waals surface area (Å²) in [5.41, 5.74) is 4.27. The first kappa shape index (κ1) is 13.4. The molecule has 4 rings (SSSR count). The third kappa shape index (κ3) is 2.27. The van der Waals surface area contributed by atoms with E-state index >= 15 is 0 Å². The smallest absolute Gasteiger partial charge is 0.147 e. The number of aromatic nitrogens is 1. The molecule has 3 heterocycles. The molecule has 1 N–H and O–H groups in total. The van der Waals surface area contributed by atoms with Crippen molar-refractivity contribution in [3.63, 3.8) is 0 Å². The van der Waals surface area contributed by atoms with E-state index in [-0.39, 0.29) is 0 Å². The van der Waals surface area contributed by atoms with Gasteiger partial charge in [0.25, 0.3) is 0 Å². The number of nitriles is 1. The Bertz CT molecular complexity index is 754. The number of nitrogens with zero attached hydrogens (tertiary/aromatic N) is 3. The molecule has 0 bridgehead atoms. The summed E-state index contributed by atoms with van der Waals surface area (Å²) < 4.78 is 0. The first-order valence-electron chi connectivity index (χ1n) is 8.22. The highest BCUT2D eigenvalue weighted by Gasteiger charge is 2.18. The first-order valence-corrected chi connectivity index (χ1v) is 8.22. The van der Waals surface area contributed by atoms with Crippen LogP contribution in [0.1, 0.15) is 36.8 Å². The lowest BCUT2D eigenvalue weighted by Crippen LogP contribution is -2.30. The van der Waals surface area contributed by atoms with Gasteiger partial charge in [0.1, 0.15) is 11.9 Å². The van der Waals surface area contributed by atoms with Crippen LogP contribution in [0, 0.1) is 11.3 Å². The summed E-state index contributed by atoms with van der Waals surface area (Å²) in [5.74, 6) is 0.874. The van der Waals surface area contributed by atoms with Crippen molar-refractivity contribution in [2.24, 2.45) is 0 Å². The van der Waals surface area contributed by atoms with Gasteiger partial charge in [-0.15, -0.1) is 0 Å². The van der Waals surface area contributed by atoms with Crippen LogP contribution in [0.3, 0.4) is 0 Å². The highest BCUT2D eigenvalue weighted by atomic mass is 15.2. The van der Waals surface area contributed by atoms with Gasteiger partial charge >= 0.3 is 0 Å². The monoisotopic (exact) mass is 292 g/mol. The van der Waals surface area contributed by atoms with Crippen molar-refractivity contribution >= 4 is 22.4 Å². The summed E-state index contributed by atoms with van der Waals surface area (Å²) in [6, 6.07) is 8.69. The Morgan fingerprint density at radius 2 is 1.95 bits per heavy atom. The van der Waals surface area contributed by atoms with Crippen LogP contribution in [0.4, 0.5) is 11.5 Å². The molecule has 1 saturated heterocycles. The maximum atomic E-state index is 9.51. The van der Waals surface area contributed by atoms with Crippen LogP contribution in [0.5, 0.6) is 0 Å². The second-order valence-electron chi connectivity index (χ2n) is 6.25. The molecule has 0 spiro atoms. The van der Waals surface area contributed by atoms with Gasteiger partial charge in [-0.1, -0.05) is 0 Å². The number of pyridine rings is 1. The van der Waals surface area contributed by atoms with Crippen molar-refractivity contribution in [3.8, 4) is 6.07 Å². The number of rotatable bonds is 1. The Balaban J connectivity index is 1.84. The molecule has 0 saturated carbocycles. The van der Waals surface area contributed by atoms with Crippen molar-refractivity contribution in [1.29, 1.82) is 5.26 Å². The zero-order valence-corrected chi connectivity index (χ0v) is 12.7. The van der Waals surface area contributed by atoms with Crippen molar-refractivity contribution in [2.75, 3.05) is 29.9 Å². The normalized spacial score (nSPS) is 17.7. The summed E-state index contributed by atoms with van der Waals surface area (Å²) in [6.07, 6.45) is 5.95. The summed E-state index contributed by atoms with van der Waals surface area (Å²) in [6.45, 7) is 3.06. The molecule has 0 unspecified atom stereocenters. The number of hydrogen-bond acceptors (Lipinski definition) is 4. The predicted molar refractivity (Wildman–Crippen MR) is 89.3 cm³/mol. The topological polar surface area (TPSA) is 52.0 Å². The number of aryl methyl sites for hydroxylation is 1. The van der Waals surface area contributed by atoms with Crippen LogP contribution in [-0.2, 0) is 6.42 Å². The van der Waals surface area contributed by atoms with E-state index in [0.717, 1.165) is 42.8 Å². The van der Waals surface area contributed by atoms with E-state index in [4.69, 9.17) is 4.98 Å². The SMILES string of the molecule is N#Cc1cc2cc3c(cc2nc1N1CCCCC1)CCCN3. The molecule has 22 heavy (non-hydrogen) atoms. The molecule has 1 aromatic carbocycles. The van der Waals surface area contributed by atoms with E-state index in [2.05, 4.69) is 28.4 Å². The fourth-order valence-corrected chi connectivity index (χ4v) is 3.56. The second kappa shape index (κ2) is 5.49. The highest BCUT2D eigenvalue weighted by molar-refractivity contribution is 5.87. The first-order chi connectivity index (χ1) is 10.8. The average Bonchev–Trinajstić information content (AvgIpc) is 2.59. The van der Waals surface area contributed by atoms with Gasteiger partial charge in [-0.25, -0.2) is 4.98 Å². The second-order valence-corrected chi connectivity index (χ2v) is 6.25. The van der Waals surface area contributed by atoms with Crippen molar-refractivity contribution in [1.82, 2.24) is 4.98 Å². The molecule has 2 aliphatic heterocycles. The van der Waals surface area contributed by atoms with E-state index in [1.165, 1.54) is 36.9 Å². The van der Waals surface area contributed by atoms with Gasteiger partial charge in [-0.3, -0.25) is 0 Å². The molecule has 2 aliphatic rings. The van der Waals surface area contributed by atoms with Crippen LogP contribution >= 0.6 is 0 Å². The van der Waals surface area contributed by atoms with Crippen LogP contribution in [0.15, 0.2) is 18.2 Å². The minimum atomic E-state index is 0.699. The number of hydrogen-bond donors (Lipinski definition) is 1. The molecule has 0 radical (unpaired) electrons. The van der Waals surface area contributed by atoms with Crippen LogP contribution in [0.2, 0.25) is 0 Å². The minimum Gasteiger partial charge on any atom is -0.385 e. The number of anilines is 2. The maximum Gasteiger partial charge on any atom is 0.147 e. The maximum absolute atomic E-state index is 9.51. The van der Waals surface area contributed by atoms with Gasteiger partial charge in [0.2, 0.25) is 0 Å². The summed E-state index contributed by atoms with van der Waals surface area (Å²) in [5, 5.41) is 14.0. The summed E-state index contributed by atoms with van der Waals surface area (Å²) in [7, 11) is 0. The van der Waals surface area contributed by atoms with Gasteiger partial charge in [0.05, 0.1) is 11.1 Å². The van der Waals surface area contributed by atoms with E-state index in [1.807, 2.05) is 6.07 Å². The molecule has 1 aromatic heterocycles. The molecular weight excluding hydrogens is 272 g/mol. The molecule has 0 atom stereocenters. The Morgan fingerprint density at radius 3 is 2.77 bits per heavy atom.